The highest BCUT2D eigenvalue weighted by Gasteiger charge is 2.27. The van der Waals surface area contributed by atoms with Crippen LogP contribution in [0.3, 0.4) is 0 Å². The summed E-state index contributed by atoms with van der Waals surface area (Å²) in [5.74, 6) is -0.797. The number of allylic oxidation sites excluding steroid dienone is 1. The fourth-order valence-electron chi connectivity index (χ4n) is 5.52. The van der Waals surface area contributed by atoms with Crippen LogP contribution in [0.2, 0.25) is 0 Å². The summed E-state index contributed by atoms with van der Waals surface area (Å²) >= 11 is 0. The van der Waals surface area contributed by atoms with Gasteiger partial charge in [-0.2, -0.15) is 0 Å². The van der Waals surface area contributed by atoms with Crippen molar-refractivity contribution < 1.29 is 42.1 Å². The molecule has 0 bridgehead atoms. The van der Waals surface area contributed by atoms with Crippen LogP contribution in [0, 0.1) is 0 Å². The minimum absolute atomic E-state index is 0.0341. The van der Waals surface area contributed by atoms with Gasteiger partial charge in [0.25, 0.3) is 0 Å². The molecule has 49 heavy (non-hydrogen) atoms. The van der Waals surface area contributed by atoms with Crippen LogP contribution in [0.25, 0.3) is 0 Å². The van der Waals surface area contributed by atoms with Crippen LogP contribution in [-0.4, -0.2) is 74.9 Å². The fourth-order valence-corrected chi connectivity index (χ4v) is 6.26. The molecule has 0 aliphatic rings. The van der Waals surface area contributed by atoms with Crippen molar-refractivity contribution in [2.75, 3.05) is 47.5 Å². The monoisotopic (exact) mass is 719 g/mol. The third-order valence-electron chi connectivity index (χ3n) is 8.69. The molecular formula is C39H77NO8P+. The Morgan fingerprint density at radius 3 is 1.53 bits per heavy atom. The van der Waals surface area contributed by atoms with Gasteiger partial charge in [0.05, 0.1) is 27.7 Å². The molecule has 10 heteroatoms. The van der Waals surface area contributed by atoms with Gasteiger partial charge in [0.15, 0.2) is 6.10 Å². The number of likely N-dealkylation sites (N-methyl/N-ethyl adjacent to an activating group) is 1. The van der Waals surface area contributed by atoms with Gasteiger partial charge in [-0.1, -0.05) is 141 Å². The number of carbonyl (C=O) groups is 2. The molecule has 0 rings (SSSR count). The summed E-state index contributed by atoms with van der Waals surface area (Å²) < 4.78 is 34.2. The number of hydrogen-bond donors (Lipinski definition) is 1. The molecule has 0 aliphatic carbocycles. The smallest absolute Gasteiger partial charge is 0.462 e. The van der Waals surface area contributed by atoms with Gasteiger partial charge in [0.2, 0.25) is 0 Å². The summed E-state index contributed by atoms with van der Waals surface area (Å²) in [5.41, 5.74) is 0. The summed E-state index contributed by atoms with van der Waals surface area (Å²) in [6, 6.07) is 0. The number of esters is 2. The standard InChI is InChI=1S/C39H76NO8P/c1-6-8-10-12-14-16-18-19-20-21-22-24-25-27-29-31-38(41)45-35-37(36-47-49(43,44)46-34-33-40(3,4)5)48-39(42)32-30-28-26-23-17-15-13-11-9-7-2/h6,37H,1,7-36H2,2-5H3/p+1/t37-/m0/s1. The van der Waals surface area contributed by atoms with Crippen molar-refractivity contribution >= 4 is 19.8 Å². The zero-order valence-electron chi connectivity index (χ0n) is 32.3. The number of nitrogens with zero attached hydrogens (tertiary/aromatic N) is 1. The van der Waals surface area contributed by atoms with E-state index in [1.807, 2.05) is 27.2 Å². The van der Waals surface area contributed by atoms with Gasteiger partial charge in [0.1, 0.15) is 19.8 Å². The molecule has 0 saturated heterocycles. The summed E-state index contributed by atoms with van der Waals surface area (Å²) in [7, 11) is 1.48. The first-order valence-corrected chi connectivity index (χ1v) is 21.4. The average Bonchev–Trinajstić information content (AvgIpc) is 3.04. The Morgan fingerprint density at radius 2 is 1.08 bits per heavy atom. The van der Waals surface area contributed by atoms with Gasteiger partial charge in [-0.15, -0.1) is 6.58 Å². The highest BCUT2D eigenvalue weighted by atomic mass is 31.2. The van der Waals surface area contributed by atoms with E-state index in [0.717, 1.165) is 38.5 Å². The van der Waals surface area contributed by atoms with Crippen molar-refractivity contribution in [3.05, 3.63) is 12.7 Å². The first-order valence-electron chi connectivity index (χ1n) is 19.9. The quantitative estimate of drug-likeness (QED) is 0.0222. The van der Waals surface area contributed by atoms with Crippen molar-refractivity contribution in [1.82, 2.24) is 0 Å². The van der Waals surface area contributed by atoms with Gasteiger partial charge in [0, 0.05) is 12.8 Å². The zero-order valence-corrected chi connectivity index (χ0v) is 33.2. The topological polar surface area (TPSA) is 108 Å². The van der Waals surface area contributed by atoms with Gasteiger partial charge < -0.3 is 18.9 Å². The predicted octanol–water partition coefficient (Wildman–Crippen LogP) is 10.6. The first kappa shape index (κ1) is 47.8. The lowest BCUT2D eigenvalue weighted by Crippen LogP contribution is -2.37. The molecular weight excluding hydrogens is 641 g/mol. The number of unbranched alkanes of at least 4 members (excludes halogenated alkanes) is 22. The largest absolute Gasteiger partial charge is 0.472 e. The molecule has 0 heterocycles. The lowest BCUT2D eigenvalue weighted by Gasteiger charge is -2.24. The van der Waals surface area contributed by atoms with E-state index >= 15 is 0 Å². The zero-order chi connectivity index (χ0) is 36.5. The van der Waals surface area contributed by atoms with Gasteiger partial charge in [-0.25, -0.2) is 4.57 Å². The van der Waals surface area contributed by atoms with E-state index in [-0.39, 0.29) is 25.6 Å². The Morgan fingerprint density at radius 1 is 0.653 bits per heavy atom. The Hall–Kier alpha value is -1.25. The van der Waals surface area contributed by atoms with E-state index in [1.165, 1.54) is 109 Å². The Kier molecular flexibility index (Phi) is 31.8. The molecule has 0 aromatic rings. The molecule has 0 saturated carbocycles. The number of hydrogen-bond acceptors (Lipinski definition) is 7. The van der Waals surface area contributed by atoms with Crippen molar-refractivity contribution in [3.63, 3.8) is 0 Å². The SMILES string of the molecule is C=CCCCCCCCCCCCCCCCC(=O)OC[C@@H](COP(=O)(O)OCC[N+](C)(C)C)OC(=O)CCCCCCCCCCCC. The molecule has 0 radical (unpaired) electrons. The molecule has 1 N–H and O–H groups in total. The molecule has 0 spiro atoms. The van der Waals surface area contributed by atoms with Crippen LogP contribution in [0.1, 0.15) is 174 Å². The van der Waals surface area contributed by atoms with Crippen LogP contribution in [0.5, 0.6) is 0 Å². The summed E-state index contributed by atoms with van der Waals surface area (Å²) in [6.45, 7) is 5.92. The van der Waals surface area contributed by atoms with E-state index in [9.17, 15) is 19.0 Å². The molecule has 0 amide bonds. The lowest BCUT2D eigenvalue weighted by molar-refractivity contribution is -0.870. The van der Waals surface area contributed by atoms with Crippen molar-refractivity contribution in [2.45, 2.75) is 180 Å². The number of carbonyl (C=O) groups excluding carboxylic acids is 2. The summed E-state index contributed by atoms with van der Waals surface area (Å²) in [4.78, 5) is 35.2. The maximum absolute atomic E-state index is 12.6. The molecule has 0 aliphatic heterocycles. The fraction of sp³-hybridized carbons (Fsp3) is 0.897. The third kappa shape index (κ3) is 36.3. The number of quaternary nitrogens is 1. The van der Waals surface area contributed by atoms with E-state index < -0.39 is 26.5 Å². The third-order valence-corrected chi connectivity index (χ3v) is 9.68. The molecule has 9 nitrogen and oxygen atoms in total. The van der Waals surface area contributed by atoms with E-state index in [0.29, 0.717) is 23.9 Å². The maximum atomic E-state index is 12.6. The van der Waals surface area contributed by atoms with Gasteiger partial charge in [-0.05, 0) is 25.7 Å². The second kappa shape index (κ2) is 32.6. The Labute approximate surface area is 301 Å². The summed E-state index contributed by atoms with van der Waals surface area (Å²) in [6.07, 6.45) is 30.1. The van der Waals surface area contributed by atoms with E-state index in [2.05, 4.69) is 13.5 Å². The molecule has 0 fully saturated rings. The second-order valence-corrected chi connectivity index (χ2v) is 16.2. The highest BCUT2D eigenvalue weighted by molar-refractivity contribution is 7.47. The number of ether oxygens (including phenoxy) is 2. The van der Waals surface area contributed by atoms with Crippen LogP contribution < -0.4 is 0 Å². The van der Waals surface area contributed by atoms with Crippen LogP contribution in [-0.2, 0) is 32.7 Å². The van der Waals surface area contributed by atoms with E-state index in [4.69, 9.17) is 18.5 Å². The average molecular weight is 719 g/mol. The molecule has 1 unspecified atom stereocenters. The minimum Gasteiger partial charge on any atom is -0.462 e. The normalized spacial score (nSPS) is 13.6. The molecule has 2 atom stereocenters. The van der Waals surface area contributed by atoms with Crippen molar-refractivity contribution in [2.24, 2.45) is 0 Å². The van der Waals surface area contributed by atoms with E-state index in [1.54, 1.807) is 0 Å². The van der Waals surface area contributed by atoms with Gasteiger partial charge >= 0.3 is 19.8 Å². The predicted molar refractivity (Wildman–Crippen MR) is 201 cm³/mol. The summed E-state index contributed by atoms with van der Waals surface area (Å²) in [5, 5.41) is 0. The van der Waals surface area contributed by atoms with Gasteiger partial charge in [-0.3, -0.25) is 18.6 Å². The molecule has 0 aromatic carbocycles. The van der Waals surface area contributed by atoms with Crippen LogP contribution >= 0.6 is 7.82 Å². The Balaban J connectivity index is 4.34. The lowest BCUT2D eigenvalue weighted by atomic mass is 10.0. The number of phosphoric ester groups is 1. The Bertz CT molecular complexity index is 847. The maximum Gasteiger partial charge on any atom is 0.472 e. The minimum atomic E-state index is -4.36. The molecule has 290 valence electrons. The number of rotatable bonds is 37. The van der Waals surface area contributed by atoms with Crippen molar-refractivity contribution in [1.29, 1.82) is 0 Å². The van der Waals surface area contributed by atoms with Crippen molar-refractivity contribution in [3.8, 4) is 0 Å². The molecule has 0 aromatic heterocycles. The highest BCUT2D eigenvalue weighted by Crippen LogP contribution is 2.43. The first-order chi connectivity index (χ1) is 23.5. The number of phosphoric acid groups is 1. The van der Waals surface area contributed by atoms with Crippen LogP contribution in [0.15, 0.2) is 12.7 Å². The second-order valence-electron chi connectivity index (χ2n) is 14.8. The van der Waals surface area contributed by atoms with Crippen LogP contribution in [0.4, 0.5) is 0 Å².